The second-order valence-corrected chi connectivity index (χ2v) is 5.35. The second kappa shape index (κ2) is 6.73. The standard InChI is InChI=1S/C13H24N2O3/c1-9-5-7-15(11(8-9)13(17)18)12(16)10(2)4-3-6-14/h9-11H,3-8,14H2,1-2H3,(H,17,18). The highest BCUT2D eigenvalue weighted by Gasteiger charge is 2.36. The van der Waals surface area contributed by atoms with E-state index >= 15 is 0 Å². The molecule has 18 heavy (non-hydrogen) atoms. The van der Waals surface area contributed by atoms with Gasteiger partial charge in [-0.1, -0.05) is 13.8 Å². The highest BCUT2D eigenvalue weighted by Crippen LogP contribution is 2.25. The molecule has 3 unspecified atom stereocenters. The molecular formula is C13H24N2O3. The number of amides is 1. The number of aliphatic carboxylic acids is 1. The Labute approximate surface area is 108 Å². The maximum Gasteiger partial charge on any atom is 0.326 e. The molecule has 0 aromatic carbocycles. The first-order chi connectivity index (χ1) is 8.47. The zero-order valence-corrected chi connectivity index (χ0v) is 11.3. The number of rotatable bonds is 5. The van der Waals surface area contributed by atoms with Gasteiger partial charge in [-0.15, -0.1) is 0 Å². The normalized spacial score (nSPS) is 25.8. The lowest BCUT2D eigenvalue weighted by Crippen LogP contribution is -2.51. The van der Waals surface area contributed by atoms with Crippen LogP contribution in [0.1, 0.15) is 39.5 Å². The van der Waals surface area contributed by atoms with Gasteiger partial charge in [0.15, 0.2) is 0 Å². The van der Waals surface area contributed by atoms with E-state index in [1.165, 1.54) is 0 Å². The number of likely N-dealkylation sites (tertiary alicyclic amines) is 1. The first-order valence-corrected chi connectivity index (χ1v) is 6.70. The van der Waals surface area contributed by atoms with Gasteiger partial charge < -0.3 is 15.7 Å². The van der Waals surface area contributed by atoms with E-state index in [2.05, 4.69) is 0 Å². The molecule has 0 radical (unpaired) electrons. The molecule has 1 saturated heterocycles. The van der Waals surface area contributed by atoms with Gasteiger partial charge in [0.1, 0.15) is 6.04 Å². The first-order valence-electron chi connectivity index (χ1n) is 6.70. The van der Waals surface area contributed by atoms with Crippen LogP contribution in [0.2, 0.25) is 0 Å². The number of piperidine rings is 1. The summed E-state index contributed by atoms with van der Waals surface area (Å²) in [6.07, 6.45) is 2.98. The average Bonchev–Trinajstić information content (AvgIpc) is 2.34. The van der Waals surface area contributed by atoms with Gasteiger partial charge in [-0.2, -0.15) is 0 Å². The van der Waals surface area contributed by atoms with Crippen LogP contribution in [-0.4, -0.2) is 41.0 Å². The summed E-state index contributed by atoms with van der Waals surface area (Å²) in [7, 11) is 0. The van der Waals surface area contributed by atoms with Gasteiger partial charge in [-0.25, -0.2) is 4.79 Å². The Morgan fingerprint density at radius 2 is 2.17 bits per heavy atom. The highest BCUT2D eigenvalue weighted by molar-refractivity contribution is 5.85. The number of carboxylic acid groups (broad SMARTS) is 1. The summed E-state index contributed by atoms with van der Waals surface area (Å²) in [5, 5.41) is 9.22. The first kappa shape index (κ1) is 15.0. The van der Waals surface area contributed by atoms with E-state index in [1.807, 2.05) is 13.8 Å². The Morgan fingerprint density at radius 1 is 1.50 bits per heavy atom. The van der Waals surface area contributed by atoms with Crippen LogP contribution in [-0.2, 0) is 9.59 Å². The van der Waals surface area contributed by atoms with E-state index < -0.39 is 12.0 Å². The Bertz CT molecular complexity index is 307. The molecule has 0 aliphatic carbocycles. The fourth-order valence-electron chi connectivity index (χ4n) is 2.47. The van der Waals surface area contributed by atoms with E-state index in [0.29, 0.717) is 25.4 Å². The van der Waals surface area contributed by atoms with Crippen molar-refractivity contribution >= 4 is 11.9 Å². The SMILES string of the molecule is CC1CCN(C(=O)C(C)CCCN)C(C(=O)O)C1. The van der Waals surface area contributed by atoms with E-state index in [1.54, 1.807) is 4.90 Å². The van der Waals surface area contributed by atoms with E-state index in [4.69, 9.17) is 5.73 Å². The number of carbonyl (C=O) groups excluding carboxylic acids is 1. The molecule has 1 fully saturated rings. The number of nitrogens with zero attached hydrogens (tertiary/aromatic N) is 1. The zero-order chi connectivity index (χ0) is 13.7. The quantitative estimate of drug-likeness (QED) is 0.770. The molecule has 0 aromatic heterocycles. The van der Waals surface area contributed by atoms with Gasteiger partial charge in [0.05, 0.1) is 0 Å². The molecule has 0 spiro atoms. The van der Waals surface area contributed by atoms with E-state index in [0.717, 1.165) is 19.3 Å². The van der Waals surface area contributed by atoms with Crippen LogP contribution in [0.15, 0.2) is 0 Å². The third kappa shape index (κ3) is 3.70. The fraction of sp³-hybridized carbons (Fsp3) is 0.846. The van der Waals surface area contributed by atoms with Crippen LogP contribution >= 0.6 is 0 Å². The summed E-state index contributed by atoms with van der Waals surface area (Å²) in [5.41, 5.74) is 5.43. The average molecular weight is 256 g/mol. The van der Waals surface area contributed by atoms with Crippen LogP contribution in [0.3, 0.4) is 0 Å². The lowest BCUT2D eigenvalue weighted by molar-refractivity contribution is -0.154. The number of carboxylic acids is 1. The number of hydrogen-bond acceptors (Lipinski definition) is 3. The summed E-state index contributed by atoms with van der Waals surface area (Å²) in [6.45, 7) is 5.02. The minimum absolute atomic E-state index is 0.0391. The fourth-order valence-corrected chi connectivity index (χ4v) is 2.47. The molecule has 0 aromatic rings. The van der Waals surface area contributed by atoms with Crippen LogP contribution < -0.4 is 5.73 Å². The molecule has 5 nitrogen and oxygen atoms in total. The molecule has 3 atom stereocenters. The predicted molar refractivity (Wildman–Crippen MR) is 69.0 cm³/mol. The van der Waals surface area contributed by atoms with E-state index in [9.17, 15) is 14.7 Å². The Morgan fingerprint density at radius 3 is 2.72 bits per heavy atom. The van der Waals surface area contributed by atoms with Crippen LogP contribution in [0.5, 0.6) is 0 Å². The third-order valence-electron chi connectivity index (χ3n) is 3.70. The van der Waals surface area contributed by atoms with Crippen molar-refractivity contribution in [2.45, 2.75) is 45.6 Å². The van der Waals surface area contributed by atoms with Crippen molar-refractivity contribution in [2.75, 3.05) is 13.1 Å². The van der Waals surface area contributed by atoms with Crippen molar-refractivity contribution in [2.24, 2.45) is 17.6 Å². The molecule has 5 heteroatoms. The van der Waals surface area contributed by atoms with Crippen molar-refractivity contribution in [1.29, 1.82) is 0 Å². The van der Waals surface area contributed by atoms with Gasteiger partial charge in [-0.05, 0) is 38.1 Å². The highest BCUT2D eigenvalue weighted by atomic mass is 16.4. The van der Waals surface area contributed by atoms with Crippen LogP contribution in [0, 0.1) is 11.8 Å². The largest absolute Gasteiger partial charge is 0.480 e. The zero-order valence-electron chi connectivity index (χ0n) is 11.3. The summed E-state index contributed by atoms with van der Waals surface area (Å²) >= 11 is 0. The molecule has 3 N–H and O–H groups in total. The molecule has 104 valence electrons. The van der Waals surface area contributed by atoms with Gasteiger partial charge in [-0.3, -0.25) is 4.79 Å². The van der Waals surface area contributed by atoms with Crippen molar-refractivity contribution in [3.63, 3.8) is 0 Å². The topological polar surface area (TPSA) is 83.6 Å². The molecule has 1 heterocycles. The monoisotopic (exact) mass is 256 g/mol. The Kier molecular flexibility index (Phi) is 5.59. The number of nitrogens with two attached hydrogens (primary N) is 1. The number of carbonyl (C=O) groups is 2. The predicted octanol–water partition coefficient (Wildman–Crippen LogP) is 1.07. The van der Waals surface area contributed by atoms with Crippen LogP contribution in [0.4, 0.5) is 0 Å². The van der Waals surface area contributed by atoms with E-state index in [-0.39, 0.29) is 11.8 Å². The van der Waals surface area contributed by atoms with Gasteiger partial charge in [0.2, 0.25) is 5.91 Å². The maximum absolute atomic E-state index is 12.2. The number of hydrogen-bond donors (Lipinski definition) is 2. The molecule has 1 amide bonds. The van der Waals surface area contributed by atoms with Crippen LogP contribution in [0.25, 0.3) is 0 Å². The molecule has 0 bridgehead atoms. The smallest absolute Gasteiger partial charge is 0.326 e. The minimum Gasteiger partial charge on any atom is -0.480 e. The van der Waals surface area contributed by atoms with Gasteiger partial charge >= 0.3 is 5.97 Å². The molecule has 1 aliphatic heterocycles. The Hall–Kier alpha value is -1.10. The lowest BCUT2D eigenvalue weighted by atomic mass is 9.91. The van der Waals surface area contributed by atoms with Gasteiger partial charge in [0, 0.05) is 12.5 Å². The molecule has 1 rings (SSSR count). The van der Waals surface area contributed by atoms with Gasteiger partial charge in [0.25, 0.3) is 0 Å². The molecular weight excluding hydrogens is 232 g/mol. The van der Waals surface area contributed by atoms with Crippen molar-refractivity contribution in [3.8, 4) is 0 Å². The maximum atomic E-state index is 12.2. The van der Waals surface area contributed by atoms with Crippen molar-refractivity contribution < 1.29 is 14.7 Å². The minimum atomic E-state index is -0.888. The molecule has 1 aliphatic rings. The summed E-state index contributed by atoms with van der Waals surface area (Å²) < 4.78 is 0. The third-order valence-corrected chi connectivity index (χ3v) is 3.70. The van der Waals surface area contributed by atoms with Crippen molar-refractivity contribution in [1.82, 2.24) is 4.90 Å². The molecule has 0 saturated carbocycles. The van der Waals surface area contributed by atoms with Crippen molar-refractivity contribution in [3.05, 3.63) is 0 Å². The summed E-state index contributed by atoms with van der Waals surface area (Å²) in [4.78, 5) is 25.0. The Balaban J connectivity index is 2.66. The summed E-state index contributed by atoms with van der Waals surface area (Å²) in [5.74, 6) is -0.693. The second-order valence-electron chi connectivity index (χ2n) is 5.35. The summed E-state index contributed by atoms with van der Waals surface area (Å²) in [6, 6.07) is -0.651. The lowest BCUT2D eigenvalue weighted by Gasteiger charge is -2.37.